The molecule has 5 heteroatoms. The van der Waals surface area contributed by atoms with Crippen LogP contribution in [0, 0.1) is 6.92 Å². The van der Waals surface area contributed by atoms with E-state index in [4.69, 9.17) is 23.2 Å². The first-order valence-corrected chi connectivity index (χ1v) is 9.75. The van der Waals surface area contributed by atoms with Crippen LogP contribution in [-0.2, 0) is 6.54 Å². The molecule has 0 spiro atoms. The number of aromatic nitrogens is 2. The molecule has 3 rings (SSSR count). The Kier molecular flexibility index (Phi) is 5.78. The average Bonchev–Trinajstić information content (AvgIpc) is 2.84. The molecule has 2 nitrogen and oxygen atoms in total. The van der Waals surface area contributed by atoms with Crippen molar-refractivity contribution in [3.63, 3.8) is 0 Å². The fraction of sp³-hybridized carbons (Fsp3) is 0.250. The summed E-state index contributed by atoms with van der Waals surface area (Å²) in [6.45, 7) is 7.32. The van der Waals surface area contributed by atoms with E-state index in [2.05, 4.69) is 42.5 Å². The molecule has 3 aromatic rings. The van der Waals surface area contributed by atoms with Gasteiger partial charge < -0.3 is 4.57 Å². The SMILES string of the molecule is Cc1cc(C(C)C)c(Sc2cc(Cl)cc(Cl)c2)n1Cc1ccccn1. The van der Waals surface area contributed by atoms with Gasteiger partial charge >= 0.3 is 0 Å². The molecule has 0 aliphatic rings. The number of hydrogen-bond acceptors (Lipinski definition) is 2. The highest BCUT2D eigenvalue weighted by atomic mass is 35.5. The normalized spacial score (nSPS) is 11.3. The lowest BCUT2D eigenvalue weighted by Crippen LogP contribution is -2.05. The topological polar surface area (TPSA) is 17.8 Å². The molecule has 0 saturated carbocycles. The molecule has 25 heavy (non-hydrogen) atoms. The maximum absolute atomic E-state index is 6.18. The maximum atomic E-state index is 6.18. The first-order valence-electron chi connectivity index (χ1n) is 8.18. The lowest BCUT2D eigenvalue weighted by Gasteiger charge is -2.14. The third kappa shape index (κ3) is 4.41. The summed E-state index contributed by atoms with van der Waals surface area (Å²) in [7, 11) is 0. The molecule has 0 atom stereocenters. The molecule has 0 saturated heterocycles. The van der Waals surface area contributed by atoms with E-state index in [1.807, 2.05) is 30.5 Å². The van der Waals surface area contributed by atoms with Crippen LogP contribution < -0.4 is 0 Å². The summed E-state index contributed by atoms with van der Waals surface area (Å²) in [5.74, 6) is 0.431. The van der Waals surface area contributed by atoms with E-state index < -0.39 is 0 Å². The quantitative estimate of drug-likeness (QED) is 0.475. The Morgan fingerprint density at radius 3 is 2.40 bits per heavy atom. The van der Waals surface area contributed by atoms with Crippen LogP contribution in [0.1, 0.15) is 36.7 Å². The highest BCUT2D eigenvalue weighted by molar-refractivity contribution is 7.99. The largest absolute Gasteiger partial charge is 0.334 e. The smallest absolute Gasteiger partial charge is 0.0837 e. The first kappa shape index (κ1) is 18.4. The Hall–Kier alpha value is -1.42. The van der Waals surface area contributed by atoms with Gasteiger partial charge in [0.15, 0.2) is 0 Å². The number of hydrogen-bond donors (Lipinski definition) is 0. The summed E-state index contributed by atoms with van der Waals surface area (Å²) in [6, 6.07) is 13.9. The molecule has 2 aromatic heterocycles. The van der Waals surface area contributed by atoms with E-state index in [-0.39, 0.29) is 0 Å². The standard InChI is InChI=1S/C20H20Cl2N2S/c1-13(2)19-8-14(3)24(12-17-6-4-5-7-23-17)20(19)25-18-10-15(21)9-16(22)11-18/h4-11,13H,12H2,1-3H3. The van der Waals surface area contributed by atoms with Crippen LogP contribution in [0.5, 0.6) is 0 Å². The molecule has 0 bridgehead atoms. The Bertz CT molecular complexity index is 853. The van der Waals surface area contributed by atoms with Crippen molar-refractivity contribution in [2.45, 2.75) is 43.2 Å². The number of nitrogens with zero attached hydrogens (tertiary/aromatic N) is 2. The molecule has 0 aliphatic carbocycles. The van der Waals surface area contributed by atoms with Gasteiger partial charge in [-0.3, -0.25) is 4.98 Å². The summed E-state index contributed by atoms with van der Waals surface area (Å²) in [5.41, 5.74) is 3.60. The van der Waals surface area contributed by atoms with E-state index in [1.54, 1.807) is 17.8 Å². The third-order valence-corrected chi connectivity index (χ3v) is 5.56. The Balaban J connectivity index is 2.03. The predicted octanol–water partition coefficient (Wildman–Crippen LogP) is 6.82. The van der Waals surface area contributed by atoms with Crippen LogP contribution in [0.3, 0.4) is 0 Å². The minimum Gasteiger partial charge on any atom is -0.334 e. The van der Waals surface area contributed by atoms with Gasteiger partial charge in [-0.05, 0) is 54.8 Å². The molecule has 0 fully saturated rings. The van der Waals surface area contributed by atoms with E-state index >= 15 is 0 Å². The van der Waals surface area contributed by atoms with Crippen LogP contribution in [0.25, 0.3) is 0 Å². The molecule has 130 valence electrons. The number of rotatable bonds is 5. The van der Waals surface area contributed by atoms with Crippen molar-refractivity contribution < 1.29 is 0 Å². The summed E-state index contributed by atoms with van der Waals surface area (Å²) >= 11 is 14.1. The molecular formula is C20H20Cl2N2S. The fourth-order valence-corrected chi connectivity index (χ4v) is 4.74. The Morgan fingerprint density at radius 1 is 1.08 bits per heavy atom. The summed E-state index contributed by atoms with van der Waals surface area (Å²) in [6.07, 6.45) is 1.83. The summed E-state index contributed by atoms with van der Waals surface area (Å²) < 4.78 is 2.32. The minimum absolute atomic E-state index is 0.431. The number of aryl methyl sites for hydroxylation is 1. The zero-order valence-corrected chi connectivity index (χ0v) is 16.8. The van der Waals surface area contributed by atoms with Crippen molar-refractivity contribution in [1.82, 2.24) is 9.55 Å². The molecule has 2 heterocycles. The van der Waals surface area contributed by atoms with Gasteiger partial charge in [0.2, 0.25) is 0 Å². The second-order valence-corrected chi connectivity index (χ2v) is 8.25. The van der Waals surface area contributed by atoms with E-state index in [0.717, 1.165) is 17.1 Å². The van der Waals surface area contributed by atoms with Crippen LogP contribution in [-0.4, -0.2) is 9.55 Å². The van der Waals surface area contributed by atoms with Gasteiger partial charge in [0.05, 0.1) is 17.3 Å². The monoisotopic (exact) mass is 390 g/mol. The van der Waals surface area contributed by atoms with Gasteiger partial charge in [-0.15, -0.1) is 0 Å². The highest BCUT2D eigenvalue weighted by Crippen LogP contribution is 2.38. The van der Waals surface area contributed by atoms with Gasteiger partial charge in [0.1, 0.15) is 0 Å². The fourth-order valence-electron chi connectivity index (χ4n) is 2.76. The van der Waals surface area contributed by atoms with Gasteiger partial charge in [-0.25, -0.2) is 0 Å². The van der Waals surface area contributed by atoms with E-state index in [0.29, 0.717) is 16.0 Å². The van der Waals surface area contributed by atoms with Gasteiger partial charge in [-0.1, -0.05) is 54.9 Å². The van der Waals surface area contributed by atoms with Gasteiger partial charge in [0.25, 0.3) is 0 Å². The lowest BCUT2D eigenvalue weighted by atomic mass is 10.1. The van der Waals surface area contributed by atoms with Crippen molar-refractivity contribution in [3.05, 3.63) is 75.7 Å². The zero-order chi connectivity index (χ0) is 18.0. The molecule has 0 N–H and O–H groups in total. The predicted molar refractivity (Wildman–Crippen MR) is 107 cm³/mol. The van der Waals surface area contributed by atoms with Crippen molar-refractivity contribution in [2.24, 2.45) is 0 Å². The van der Waals surface area contributed by atoms with E-state index in [9.17, 15) is 0 Å². The molecule has 0 radical (unpaired) electrons. The minimum atomic E-state index is 0.431. The second-order valence-electron chi connectivity index (χ2n) is 6.32. The first-order chi connectivity index (χ1) is 11.9. The second kappa shape index (κ2) is 7.86. The number of pyridine rings is 1. The molecule has 0 unspecified atom stereocenters. The number of benzene rings is 1. The van der Waals surface area contributed by atoms with Crippen molar-refractivity contribution in [3.8, 4) is 0 Å². The molecule has 0 aliphatic heterocycles. The Morgan fingerprint density at radius 2 is 1.80 bits per heavy atom. The van der Waals surface area contributed by atoms with Crippen LogP contribution in [0.15, 0.2) is 58.6 Å². The number of halogens is 2. The van der Waals surface area contributed by atoms with Crippen molar-refractivity contribution in [2.75, 3.05) is 0 Å². The Labute approximate surface area is 163 Å². The van der Waals surface area contributed by atoms with Gasteiger partial charge in [-0.2, -0.15) is 0 Å². The lowest BCUT2D eigenvalue weighted by molar-refractivity contribution is 0.677. The molecule has 1 aromatic carbocycles. The summed E-state index contributed by atoms with van der Waals surface area (Å²) in [4.78, 5) is 5.51. The maximum Gasteiger partial charge on any atom is 0.0837 e. The van der Waals surface area contributed by atoms with Crippen LogP contribution >= 0.6 is 35.0 Å². The van der Waals surface area contributed by atoms with Crippen LogP contribution in [0.4, 0.5) is 0 Å². The van der Waals surface area contributed by atoms with Gasteiger partial charge in [0, 0.05) is 26.8 Å². The van der Waals surface area contributed by atoms with Crippen molar-refractivity contribution >= 4 is 35.0 Å². The molecular weight excluding hydrogens is 371 g/mol. The third-order valence-electron chi connectivity index (χ3n) is 4.00. The van der Waals surface area contributed by atoms with Crippen molar-refractivity contribution in [1.29, 1.82) is 0 Å². The van der Waals surface area contributed by atoms with E-state index in [1.165, 1.54) is 16.3 Å². The average molecular weight is 391 g/mol. The summed E-state index contributed by atoms with van der Waals surface area (Å²) in [5, 5.41) is 2.53. The highest BCUT2D eigenvalue weighted by Gasteiger charge is 2.17. The van der Waals surface area contributed by atoms with Crippen LogP contribution in [0.2, 0.25) is 10.0 Å². The molecule has 0 amide bonds. The zero-order valence-electron chi connectivity index (χ0n) is 14.5.